The lowest BCUT2D eigenvalue weighted by atomic mass is 10.1. The average Bonchev–Trinajstić information content (AvgIpc) is 3.21. The van der Waals surface area contributed by atoms with E-state index in [0.29, 0.717) is 24.2 Å². The number of carbonyl (C=O) groups excluding carboxylic acids is 2. The van der Waals surface area contributed by atoms with Crippen LogP contribution in [0.1, 0.15) is 42.1 Å². The third kappa shape index (κ3) is 4.42. The molecule has 5 nitrogen and oxygen atoms in total. The molecule has 1 fully saturated rings. The summed E-state index contributed by atoms with van der Waals surface area (Å²) in [4.78, 5) is 26.8. The Morgan fingerprint density at radius 2 is 1.77 bits per heavy atom. The van der Waals surface area contributed by atoms with Crippen molar-refractivity contribution in [2.75, 3.05) is 23.3 Å². The second-order valence-electron chi connectivity index (χ2n) is 6.50. The van der Waals surface area contributed by atoms with Crippen LogP contribution in [0.25, 0.3) is 0 Å². The number of benzene rings is 2. The Morgan fingerprint density at radius 1 is 1.04 bits per heavy atom. The molecule has 1 heterocycles. The minimum atomic E-state index is -0.122. The Labute approximate surface area is 154 Å². The fourth-order valence-corrected chi connectivity index (χ4v) is 3.15. The Morgan fingerprint density at radius 3 is 2.46 bits per heavy atom. The maximum atomic E-state index is 12.9. The van der Waals surface area contributed by atoms with Crippen LogP contribution in [0.4, 0.5) is 11.4 Å². The van der Waals surface area contributed by atoms with Gasteiger partial charge in [0.25, 0.3) is 5.91 Å². The molecule has 2 amide bonds. The van der Waals surface area contributed by atoms with E-state index in [4.69, 9.17) is 0 Å². The van der Waals surface area contributed by atoms with E-state index in [0.717, 1.165) is 37.2 Å². The van der Waals surface area contributed by atoms with Crippen LogP contribution >= 0.6 is 0 Å². The van der Waals surface area contributed by atoms with Gasteiger partial charge in [-0.1, -0.05) is 37.3 Å². The van der Waals surface area contributed by atoms with Crippen LogP contribution in [-0.4, -0.2) is 24.9 Å². The topological polar surface area (TPSA) is 61.4 Å². The minimum Gasteiger partial charge on any atom is -0.371 e. The van der Waals surface area contributed by atoms with Crippen molar-refractivity contribution in [3.8, 4) is 0 Å². The van der Waals surface area contributed by atoms with Gasteiger partial charge in [0.2, 0.25) is 5.91 Å². The molecule has 0 radical (unpaired) electrons. The van der Waals surface area contributed by atoms with Crippen molar-refractivity contribution >= 4 is 23.2 Å². The van der Waals surface area contributed by atoms with Crippen molar-refractivity contribution < 1.29 is 9.59 Å². The zero-order valence-corrected chi connectivity index (χ0v) is 15.1. The van der Waals surface area contributed by atoms with Crippen LogP contribution in [0, 0.1) is 0 Å². The maximum Gasteiger partial charge on any atom is 0.253 e. The molecule has 1 aliphatic heterocycles. The summed E-state index contributed by atoms with van der Waals surface area (Å²) in [7, 11) is 0. The van der Waals surface area contributed by atoms with E-state index < -0.39 is 0 Å². The van der Waals surface area contributed by atoms with Gasteiger partial charge < -0.3 is 15.5 Å². The molecule has 0 unspecified atom stereocenters. The van der Waals surface area contributed by atoms with Gasteiger partial charge >= 0.3 is 0 Å². The largest absolute Gasteiger partial charge is 0.371 e. The van der Waals surface area contributed by atoms with Crippen molar-refractivity contribution in [1.82, 2.24) is 5.32 Å². The SMILES string of the molecule is CCC(=O)Nc1ccc(N2CCCC2)c(C(=O)NCc2ccccc2)c1. The molecule has 2 N–H and O–H groups in total. The zero-order valence-electron chi connectivity index (χ0n) is 15.1. The van der Waals surface area contributed by atoms with Crippen molar-refractivity contribution in [3.05, 3.63) is 59.7 Å². The molecule has 3 rings (SSSR count). The minimum absolute atomic E-state index is 0.0606. The van der Waals surface area contributed by atoms with Gasteiger partial charge in [-0.25, -0.2) is 0 Å². The van der Waals surface area contributed by atoms with Crippen LogP contribution in [0.15, 0.2) is 48.5 Å². The van der Waals surface area contributed by atoms with E-state index in [1.807, 2.05) is 42.5 Å². The van der Waals surface area contributed by atoms with Gasteiger partial charge in [0.1, 0.15) is 0 Å². The Hall–Kier alpha value is -2.82. The third-order valence-electron chi connectivity index (χ3n) is 4.59. The molecule has 0 aromatic heterocycles. The lowest BCUT2D eigenvalue weighted by molar-refractivity contribution is -0.115. The predicted octanol–water partition coefficient (Wildman–Crippen LogP) is 3.57. The highest BCUT2D eigenvalue weighted by Gasteiger charge is 2.20. The molecular formula is C21H25N3O2. The molecule has 0 bridgehead atoms. The summed E-state index contributed by atoms with van der Waals surface area (Å²) in [5.74, 6) is -0.182. The molecule has 136 valence electrons. The normalized spacial score (nSPS) is 13.5. The molecule has 26 heavy (non-hydrogen) atoms. The number of carbonyl (C=O) groups is 2. The quantitative estimate of drug-likeness (QED) is 0.836. The zero-order chi connectivity index (χ0) is 18.4. The summed E-state index contributed by atoms with van der Waals surface area (Å²) in [5, 5.41) is 5.84. The predicted molar refractivity (Wildman–Crippen MR) is 104 cm³/mol. The molecule has 0 aliphatic carbocycles. The maximum absolute atomic E-state index is 12.9. The molecule has 2 aromatic rings. The van der Waals surface area contributed by atoms with Crippen molar-refractivity contribution in [3.63, 3.8) is 0 Å². The summed E-state index contributed by atoms with van der Waals surface area (Å²) in [6.07, 6.45) is 2.68. The molecule has 0 saturated carbocycles. The first-order valence-electron chi connectivity index (χ1n) is 9.18. The molecule has 0 atom stereocenters. The van der Waals surface area contributed by atoms with Gasteiger partial charge in [-0.2, -0.15) is 0 Å². The van der Waals surface area contributed by atoms with E-state index >= 15 is 0 Å². The van der Waals surface area contributed by atoms with E-state index in [-0.39, 0.29) is 11.8 Å². The van der Waals surface area contributed by atoms with Gasteiger partial charge in [0.05, 0.1) is 5.56 Å². The first-order valence-corrected chi connectivity index (χ1v) is 9.18. The summed E-state index contributed by atoms with van der Waals surface area (Å²) < 4.78 is 0. The van der Waals surface area contributed by atoms with Crippen LogP contribution in [0.2, 0.25) is 0 Å². The number of rotatable bonds is 6. The van der Waals surface area contributed by atoms with Crippen molar-refractivity contribution in [2.24, 2.45) is 0 Å². The van der Waals surface area contributed by atoms with Gasteiger partial charge in [-0.3, -0.25) is 9.59 Å². The molecule has 0 spiro atoms. The summed E-state index contributed by atoms with van der Waals surface area (Å²) in [5.41, 5.74) is 3.25. The van der Waals surface area contributed by atoms with E-state index in [9.17, 15) is 9.59 Å². The van der Waals surface area contributed by atoms with Crippen LogP contribution < -0.4 is 15.5 Å². The number of amides is 2. The van der Waals surface area contributed by atoms with E-state index in [2.05, 4.69) is 15.5 Å². The second-order valence-corrected chi connectivity index (χ2v) is 6.50. The number of nitrogens with zero attached hydrogens (tertiary/aromatic N) is 1. The summed E-state index contributed by atoms with van der Waals surface area (Å²) in [6.45, 7) is 4.20. The van der Waals surface area contributed by atoms with Gasteiger partial charge in [-0.05, 0) is 36.6 Å². The monoisotopic (exact) mass is 351 g/mol. The van der Waals surface area contributed by atoms with E-state index in [1.54, 1.807) is 13.0 Å². The van der Waals surface area contributed by atoms with Gasteiger partial charge in [0.15, 0.2) is 0 Å². The molecule has 5 heteroatoms. The number of hydrogen-bond acceptors (Lipinski definition) is 3. The standard InChI is InChI=1S/C21H25N3O2/c1-2-20(25)23-17-10-11-19(24-12-6-7-13-24)18(14-17)21(26)22-15-16-8-4-3-5-9-16/h3-5,8-11,14H,2,6-7,12-13,15H2,1H3,(H,22,26)(H,23,25). The van der Waals surface area contributed by atoms with Crippen LogP contribution in [0.3, 0.4) is 0 Å². The molecule has 1 aliphatic rings. The Bertz CT molecular complexity index is 768. The lowest BCUT2D eigenvalue weighted by Crippen LogP contribution is -2.27. The fourth-order valence-electron chi connectivity index (χ4n) is 3.15. The molecule has 2 aromatic carbocycles. The van der Waals surface area contributed by atoms with Crippen molar-refractivity contribution in [1.29, 1.82) is 0 Å². The number of hydrogen-bond donors (Lipinski definition) is 2. The second kappa shape index (κ2) is 8.52. The van der Waals surface area contributed by atoms with Crippen LogP contribution in [-0.2, 0) is 11.3 Å². The highest BCUT2D eigenvalue weighted by molar-refractivity contribution is 6.02. The number of anilines is 2. The number of nitrogens with one attached hydrogen (secondary N) is 2. The fraction of sp³-hybridized carbons (Fsp3) is 0.333. The van der Waals surface area contributed by atoms with Crippen LogP contribution in [0.5, 0.6) is 0 Å². The lowest BCUT2D eigenvalue weighted by Gasteiger charge is -2.22. The van der Waals surface area contributed by atoms with Gasteiger partial charge in [0, 0.05) is 37.4 Å². The molecular weight excluding hydrogens is 326 g/mol. The van der Waals surface area contributed by atoms with Gasteiger partial charge in [-0.15, -0.1) is 0 Å². The highest BCUT2D eigenvalue weighted by Crippen LogP contribution is 2.27. The summed E-state index contributed by atoms with van der Waals surface area (Å²) in [6, 6.07) is 15.4. The smallest absolute Gasteiger partial charge is 0.253 e. The highest BCUT2D eigenvalue weighted by atomic mass is 16.2. The van der Waals surface area contributed by atoms with Crippen molar-refractivity contribution in [2.45, 2.75) is 32.7 Å². The third-order valence-corrected chi connectivity index (χ3v) is 4.59. The Kier molecular flexibility index (Phi) is 5.89. The van der Waals surface area contributed by atoms with E-state index in [1.165, 1.54) is 0 Å². The Balaban J connectivity index is 1.81. The first kappa shape index (κ1) is 18.0. The average molecular weight is 351 g/mol. The summed E-state index contributed by atoms with van der Waals surface area (Å²) >= 11 is 0. The first-order chi connectivity index (χ1) is 12.7. The molecule has 1 saturated heterocycles.